The Labute approximate surface area is 90.9 Å². The minimum atomic E-state index is -0.536. The number of aromatic hydroxyl groups is 1. The molecule has 0 aliphatic carbocycles. The van der Waals surface area contributed by atoms with Gasteiger partial charge in [-0.2, -0.15) is 0 Å². The fourth-order valence-electron chi connectivity index (χ4n) is 1.17. The molecule has 2 N–H and O–H groups in total. The average Bonchev–Trinajstić information content (AvgIpc) is 2.64. The number of aromatic nitrogens is 2. The van der Waals surface area contributed by atoms with Gasteiger partial charge in [-0.05, 0) is 19.1 Å². The number of nitrogens with one attached hydrogen (secondary N) is 1. The minimum Gasteiger partial charge on any atom is -0.505 e. The number of aryl methyl sites for hydroxylation is 1. The molecule has 6 nitrogen and oxygen atoms in total. The second-order valence-electron chi connectivity index (χ2n) is 3.15. The van der Waals surface area contributed by atoms with Crippen molar-refractivity contribution in [3.8, 4) is 5.75 Å². The summed E-state index contributed by atoms with van der Waals surface area (Å²) in [6, 6.07) is 4.49. The lowest BCUT2D eigenvalue weighted by atomic mass is 10.3. The Morgan fingerprint density at radius 3 is 3.00 bits per heavy atom. The molecule has 0 radical (unpaired) electrons. The van der Waals surface area contributed by atoms with Gasteiger partial charge in [-0.15, -0.1) is 0 Å². The summed E-state index contributed by atoms with van der Waals surface area (Å²) < 4.78 is 4.78. The maximum Gasteiger partial charge on any atom is 0.279 e. The molecule has 0 saturated carbocycles. The highest BCUT2D eigenvalue weighted by Gasteiger charge is 2.13. The molecule has 2 aromatic heterocycles. The van der Waals surface area contributed by atoms with Gasteiger partial charge < -0.3 is 14.9 Å². The third-order valence-electron chi connectivity index (χ3n) is 1.87. The molecule has 2 aromatic rings. The molecule has 1 amide bonds. The van der Waals surface area contributed by atoms with E-state index >= 15 is 0 Å². The van der Waals surface area contributed by atoms with Crippen molar-refractivity contribution in [1.29, 1.82) is 0 Å². The maximum absolute atomic E-state index is 11.6. The van der Waals surface area contributed by atoms with Crippen molar-refractivity contribution in [3.05, 3.63) is 35.9 Å². The van der Waals surface area contributed by atoms with E-state index in [1.807, 2.05) is 0 Å². The van der Waals surface area contributed by atoms with E-state index in [9.17, 15) is 9.90 Å². The van der Waals surface area contributed by atoms with Crippen LogP contribution in [-0.2, 0) is 0 Å². The number of carbonyl (C=O) groups excluding carboxylic acids is 1. The summed E-state index contributed by atoms with van der Waals surface area (Å²) in [5.41, 5.74) is -0.0526. The third kappa shape index (κ3) is 2.00. The van der Waals surface area contributed by atoms with Crippen LogP contribution >= 0.6 is 0 Å². The van der Waals surface area contributed by atoms with E-state index in [4.69, 9.17) is 4.52 Å². The molecule has 0 saturated heterocycles. The summed E-state index contributed by atoms with van der Waals surface area (Å²) in [5.74, 6) is 0.153. The molecule has 0 unspecified atom stereocenters. The van der Waals surface area contributed by atoms with E-state index in [-0.39, 0.29) is 17.3 Å². The molecule has 0 spiro atoms. The van der Waals surface area contributed by atoms with E-state index in [0.717, 1.165) is 0 Å². The molecule has 2 heterocycles. The van der Waals surface area contributed by atoms with Crippen LogP contribution in [0.15, 0.2) is 28.9 Å². The Kier molecular flexibility index (Phi) is 2.55. The largest absolute Gasteiger partial charge is 0.505 e. The van der Waals surface area contributed by atoms with E-state index in [2.05, 4.69) is 15.5 Å². The van der Waals surface area contributed by atoms with Crippen LogP contribution in [0.5, 0.6) is 5.75 Å². The van der Waals surface area contributed by atoms with Gasteiger partial charge in [0, 0.05) is 12.3 Å². The van der Waals surface area contributed by atoms with Gasteiger partial charge in [0.15, 0.2) is 11.5 Å². The SMILES string of the molecule is Cc1cc(NC(=O)c2ncccc2O)no1. The molecular formula is C10H9N3O3. The van der Waals surface area contributed by atoms with Crippen molar-refractivity contribution in [2.24, 2.45) is 0 Å². The molecule has 16 heavy (non-hydrogen) atoms. The lowest BCUT2D eigenvalue weighted by molar-refractivity contribution is 0.101. The van der Waals surface area contributed by atoms with Crippen LogP contribution in [0.25, 0.3) is 0 Å². The molecule has 0 bridgehead atoms. The minimum absolute atomic E-state index is 0.0526. The first-order valence-corrected chi connectivity index (χ1v) is 4.55. The zero-order valence-corrected chi connectivity index (χ0v) is 8.47. The summed E-state index contributed by atoms with van der Waals surface area (Å²) in [6.45, 7) is 1.71. The topological polar surface area (TPSA) is 88.2 Å². The molecular weight excluding hydrogens is 210 g/mol. The van der Waals surface area contributed by atoms with Crippen molar-refractivity contribution in [3.63, 3.8) is 0 Å². The number of nitrogens with zero attached hydrogens (tertiary/aromatic N) is 2. The van der Waals surface area contributed by atoms with E-state index in [1.165, 1.54) is 18.3 Å². The first-order chi connectivity index (χ1) is 7.66. The normalized spacial score (nSPS) is 10.1. The first kappa shape index (κ1) is 10.2. The molecule has 2 rings (SSSR count). The molecule has 82 valence electrons. The quantitative estimate of drug-likeness (QED) is 0.795. The lowest BCUT2D eigenvalue weighted by Gasteiger charge is -2.01. The summed E-state index contributed by atoms with van der Waals surface area (Å²) in [7, 11) is 0. The molecule has 0 aliphatic heterocycles. The highest BCUT2D eigenvalue weighted by atomic mass is 16.5. The van der Waals surface area contributed by atoms with Crippen molar-refractivity contribution in [2.45, 2.75) is 6.92 Å². The predicted molar refractivity (Wildman–Crippen MR) is 55.1 cm³/mol. The zero-order chi connectivity index (χ0) is 11.5. The second kappa shape index (κ2) is 4.01. The molecule has 0 atom stereocenters. The fourth-order valence-corrected chi connectivity index (χ4v) is 1.17. The van der Waals surface area contributed by atoms with Crippen LogP contribution in [0.4, 0.5) is 5.82 Å². The van der Waals surface area contributed by atoms with Gasteiger partial charge in [0.2, 0.25) is 0 Å². The highest BCUT2D eigenvalue weighted by molar-refractivity contribution is 6.04. The van der Waals surface area contributed by atoms with Crippen molar-refractivity contribution in [2.75, 3.05) is 5.32 Å². The summed E-state index contributed by atoms with van der Waals surface area (Å²) in [6.07, 6.45) is 1.42. The van der Waals surface area contributed by atoms with Crippen LogP contribution in [0, 0.1) is 6.92 Å². The monoisotopic (exact) mass is 219 g/mol. The molecule has 0 fully saturated rings. The van der Waals surface area contributed by atoms with Crippen LogP contribution in [0.3, 0.4) is 0 Å². The predicted octanol–water partition coefficient (Wildman–Crippen LogP) is 1.34. The van der Waals surface area contributed by atoms with E-state index in [1.54, 1.807) is 13.0 Å². The van der Waals surface area contributed by atoms with Crippen molar-refractivity contribution >= 4 is 11.7 Å². The van der Waals surface area contributed by atoms with Crippen LogP contribution < -0.4 is 5.32 Å². The Bertz CT molecular complexity index is 522. The Hall–Kier alpha value is -2.37. The second-order valence-corrected chi connectivity index (χ2v) is 3.15. The van der Waals surface area contributed by atoms with Gasteiger partial charge in [-0.25, -0.2) is 4.98 Å². The maximum atomic E-state index is 11.6. The van der Waals surface area contributed by atoms with Gasteiger partial charge in [0.25, 0.3) is 5.91 Å². The number of rotatable bonds is 2. The smallest absolute Gasteiger partial charge is 0.279 e. The Balaban J connectivity index is 2.18. The molecule has 0 aromatic carbocycles. The first-order valence-electron chi connectivity index (χ1n) is 4.55. The van der Waals surface area contributed by atoms with Crippen LogP contribution in [-0.4, -0.2) is 21.2 Å². The standard InChI is InChI=1S/C10H9N3O3/c1-6-5-8(13-16-6)12-10(15)9-7(14)3-2-4-11-9/h2-5,14H,1H3,(H,12,13,15). The van der Waals surface area contributed by atoms with Gasteiger partial charge in [0.05, 0.1) is 0 Å². The fraction of sp³-hybridized carbons (Fsp3) is 0.100. The van der Waals surface area contributed by atoms with Crippen LogP contribution in [0.1, 0.15) is 16.2 Å². The molecule has 0 aliphatic rings. The summed E-state index contributed by atoms with van der Waals surface area (Å²) in [5, 5.41) is 15.4. The van der Waals surface area contributed by atoms with Crippen LogP contribution in [0.2, 0.25) is 0 Å². The number of hydrogen-bond acceptors (Lipinski definition) is 5. The van der Waals surface area contributed by atoms with E-state index < -0.39 is 5.91 Å². The highest BCUT2D eigenvalue weighted by Crippen LogP contribution is 2.15. The number of hydrogen-bond donors (Lipinski definition) is 2. The van der Waals surface area contributed by atoms with Gasteiger partial charge in [-0.3, -0.25) is 4.79 Å². The average molecular weight is 219 g/mol. The Morgan fingerprint density at radius 1 is 1.56 bits per heavy atom. The zero-order valence-electron chi connectivity index (χ0n) is 8.47. The Morgan fingerprint density at radius 2 is 2.38 bits per heavy atom. The number of carbonyl (C=O) groups is 1. The summed E-state index contributed by atoms with van der Waals surface area (Å²) >= 11 is 0. The number of amides is 1. The number of pyridine rings is 1. The molecule has 6 heteroatoms. The van der Waals surface area contributed by atoms with Gasteiger partial charge in [0.1, 0.15) is 11.5 Å². The van der Waals surface area contributed by atoms with E-state index in [0.29, 0.717) is 5.76 Å². The summed E-state index contributed by atoms with van der Waals surface area (Å²) in [4.78, 5) is 15.4. The van der Waals surface area contributed by atoms with Crippen molar-refractivity contribution in [1.82, 2.24) is 10.1 Å². The van der Waals surface area contributed by atoms with Crippen molar-refractivity contribution < 1.29 is 14.4 Å². The van der Waals surface area contributed by atoms with Gasteiger partial charge in [-0.1, -0.05) is 5.16 Å². The number of anilines is 1. The lowest BCUT2D eigenvalue weighted by Crippen LogP contribution is -2.13. The third-order valence-corrected chi connectivity index (χ3v) is 1.87. The van der Waals surface area contributed by atoms with Gasteiger partial charge >= 0.3 is 0 Å².